The van der Waals surface area contributed by atoms with Crippen LogP contribution in [-0.4, -0.2) is 10.7 Å². The molecule has 0 saturated carbocycles. The van der Waals surface area contributed by atoms with E-state index < -0.39 is 6.23 Å². The Kier molecular flexibility index (Phi) is 4.47. The van der Waals surface area contributed by atoms with Crippen molar-refractivity contribution in [2.24, 2.45) is 5.10 Å². The summed E-state index contributed by atoms with van der Waals surface area (Å²) in [6.07, 6.45) is 0.360. The minimum absolute atomic E-state index is 0.0763. The highest BCUT2D eigenvalue weighted by Gasteiger charge is 2.41. The molecule has 0 N–H and O–H groups in total. The Labute approximate surface area is 178 Å². The Morgan fingerprint density at radius 3 is 2.39 bits per heavy atom. The maximum atomic E-state index is 6.50. The third-order valence-electron chi connectivity index (χ3n) is 5.11. The molecule has 0 aliphatic carbocycles. The zero-order valence-corrected chi connectivity index (χ0v) is 16.9. The number of fused-ring (bicyclic) bond motifs is 3. The number of halogens is 3. The van der Waals surface area contributed by atoms with E-state index in [1.165, 1.54) is 0 Å². The topological polar surface area (TPSA) is 24.8 Å². The number of rotatable bonds is 2. The van der Waals surface area contributed by atoms with Gasteiger partial charge >= 0.3 is 0 Å². The summed E-state index contributed by atoms with van der Waals surface area (Å²) in [5, 5.41) is 8.78. The van der Waals surface area contributed by atoms with Crippen LogP contribution in [0, 0.1) is 0 Å². The van der Waals surface area contributed by atoms with Crippen LogP contribution in [0.4, 0.5) is 0 Å². The van der Waals surface area contributed by atoms with Crippen molar-refractivity contribution in [3.63, 3.8) is 0 Å². The Morgan fingerprint density at radius 1 is 0.857 bits per heavy atom. The quantitative estimate of drug-likeness (QED) is 0.443. The van der Waals surface area contributed by atoms with E-state index in [-0.39, 0.29) is 6.04 Å². The molecule has 3 nitrogen and oxygen atoms in total. The van der Waals surface area contributed by atoms with Crippen LogP contribution < -0.4 is 4.74 Å². The third kappa shape index (κ3) is 3.04. The van der Waals surface area contributed by atoms with Crippen LogP contribution in [0.15, 0.2) is 71.8 Å². The van der Waals surface area contributed by atoms with E-state index in [9.17, 15) is 0 Å². The zero-order chi connectivity index (χ0) is 19.3. The van der Waals surface area contributed by atoms with Crippen LogP contribution in [-0.2, 0) is 0 Å². The van der Waals surface area contributed by atoms with E-state index >= 15 is 0 Å². The van der Waals surface area contributed by atoms with Crippen LogP contribution in [0.5, 0.6) is 5.75 Å². The Bertz CT molecular complexity index is 1080. The first-order valence-corrected chi connectivity index (χ1v) is 10.1. The third-order valence-corrected chi connectivity index (χ3v) is 5.92. The van der Waals surface area contributed by atoms with Gasteiger partial charge in [0, 0.05) is 27.6 Å². The molecule has 0 radical (unpaired) electrons. The van der Waals surface area contributed by atoms with Gasteiger partial charge in [-0.2, -0.15) is 5.10 Å². The molecule has 2 atom stereocenters. The SMILES string of the molecule is Clc1ccc(C2=NN3[C@H](C2)c2ccccc2O[C@H]3c2ccc(Cl)cc2Cl)cc1. The van der Waals surface area contributed by atoms with Crippen molar-refractivity contribution in [2.45, 2.75) is 18.7 Å². The molecular formula is C22H15Cl3N2O. The van der Waals surface area contributed by atoms with Crippen molar-refractivity contribution >= 4 is 40.5 Å². The number of nitrogens with zero attached hydrogens (tertiary/aromatic N) is 2. The van der Waals surface area contributed by atoms with E-state index in [4.69, 9.17) is 44.6 Å². The molecule has 3 aromatic rings. The van der Waals surface area contributed by atoms with Crippen LogP contribution in [0.3, 0.4) is 0 Å². The lowest BCUT2D eigenvalue weighted by molar-refractivity contribution is -0.0189. The first-order valence-electron chi connectivity index (χ1n) is 8.92. The highest BCUT2D eigenvalue weighted by atomic mass is 35.5. The molecule has 0 amide bonds. The molecular weight excluding hydrogens is 415 g/mol. The molecule has 2 heterocycles. The number of hydrogen-bond acceptors (Lipinski definition) is 3. The van der Waals surface area contributed by atoms with Crippen molar-refractivity contribution in [3.8, 4) is 5.75 Å². The number of benzene rings is 3. The van der Waals surface area contributed by atoms with Gasteiger partial charge in [0.2, 0.25) is 6.23 Å². The van der Waals surface area contributed by atoms with Gasteiger partial charge in [0.15, 0.2) is 0 Å². The largest absolute Gasteiger partial charge is 0.464 e. The van der Waals surface area contributed by atoms with Gasteiger partial charge in [-0.05, 0) is 35.9 Å². The van der Waals surface area contributed by atoms with Gasteiger partial charge in [-0.15, -0.1) is 0 Å². The summed E-state index contributed by atoms with van der Waals surface area (Å²) < 4.78 is 6.33. The van der Waals surface area contributed by atoms with Crippen LogP contribution in [0.2, 0.25) is 15.1 Å². The van der Waals surface area contributed by atoms with Gasteiger partial charge < -0.3 is 4.74 Å². The fourth-order valence-corrected chi connectivity index (χ4v) is 4.39. The molecule has 3 aromatic carbocycles. The maximum Gasteiger partial charge on any atom is 0.215 e. The van der Waals surface area contributed by atoms with E-state index in [0.717, 1.165) is 34.6 Å². The van der Waals surface area contributed by atoms with Gasteiger partial charge in [-0.3, -0.25) is 0 Å². The average Bonchev–Trinajstić information content (AvgIpc) is 3.14. The summed E-state index contributed by atoms with van der Waals surface area (Å²) in [5.41, 5.74) is 4.01. The molecule has 28 heavy (non-hydrogen) atoms. The second kappa shape index (κ2) is 7.00. The monoisotopic (exact) mass is 428 g/mol. The fraction of sp³-hybridized carbons (Fsp3) is 0.136. The summed E-state index contributed by atoms with van der Waals surface area (Å²) in [6, 6.07) is 21.4. The lowest BCUT2D eigenvalue weighted by Gasteiger charge is -2.38. The highest BCUT2D eigenvalue weighted by Crippen LogP contribution is 2.48. The number of ether oxygens (including phenoxy) is 1. The number of hydrazone groups is 1. The summed E-state index contributed by atoms with van der Waals surface area (Å²) in [5.74, 6) is 0.854. The Balaban J connectivity index is 1.61. The second-order valence-corrected chi connectivity index (χ2v) is 8.11. The summed E-state index contributed by atoms with van der Waals surface area (Å²) in [4.78, 5) is 0. The first-order chi connectivity index (χ1) is 13.6. The predicted octanol–water partition coefficient (Wildman–Crippen LogP) is 6.89. The molecule has 6 heteroatoms. The van der Waals surface area contributed by atoms with Crippen LogP contribution in [0.1, 0.15) is 35.4 Å². The molecule has 0 aromatic heterocycles. The fourth-order valence-electron chi connectivity index (χ4n) is 3.76. The van der Waals surface area contributed by atoms with Crippen molar-refractivity contribution < 1.29 is 4.74 Å². The highest BCUT2D eigenvalue weighted by molar-refractivity contribution is 6.35. The van der Waals surface area contributed by atoms with Gasteiger partial charge in [0.1, 0.15) is 5.75 Å². The first kappa shape index (κ1) is 17.9. The molecule has 2 aliphatic rings. The summed E-state index contributed by atoms with van der Waals surface area (Å²) >= 11 is 18.6. The summed E-state index contributed by atoms with van der Waals surface area (Å²) in [6.45, 7) is 0. The van der Waals surface area contributed by atoms with Crippen molar-refractivity contribution in [1.29, 1.82) is 0 Å². The maximum absolute atomic E-state index is 6.50. The van der Waals surface area contributed by atoms with Gasteiger partial charge in [-0.25, -0.2) is 5.01 Å². The molecule has 0 spiro atoms. The number of hydrogen-bond donors (Lipinski definition) is 0. The van der Waals surface area contributed by atoms with Gasteiger partial charge in [0.05, 0.1) is 16.8 Å². The Hall–Kier alpha value is -2.20. The van der Waals surface area contributed by atoms with E-state index in [0.29, 0.717) is 15.1 Å². The van der Waals surface area contributed by atoms with Crippen molar-refractivity contribution in [3.05, 3.63) is 98.5 Å². The zero-order valence-electron chi connectivity index (χ0n) is 14.6. The van der Waals surface area contributed by atoms with Crippen LogP contribution >= 0.6 is 34.8 Å². The molecule has 0 fully saturated rings. The number of para-hydroxylation sites is 1. The van der Waals surface area contributed by atoms with Crippen LogP contribution in [0.25, 0.3) is 0 Å². The molecule has 2 aliphatic heterocycles. The predicted molar refractivity (Wildman–Crippen MR) is 113 cm³/mol. The van der Waals surface area contributed by atoms with E-state index in [1.807, 2.05) is 59.6 Å². The van der Waals surface area contributed by atoms with Gasteiger partial charge in [0.25, 0.3) is 0 Å². The minimum atomic E-state index is -0.422. The molecule has 5 rings (SSSR count). The lowest BCUT2D eigenvalue weighted by Crippen LogP contribution is -2.33. The normalized spacial score (nSPS) is 20.2. The van der Waals surface area contributed by atoms with E-state index in [1.54, 1.807) is 6.07 Å². The Morgan fingerprint density at radius 2 is 1.61 bits per heavy atom. The summed E-state index contributed by atoms with van der Waals surface area (Å²) in [7, 11) is 0. The van der Waals surface area contributed by atoms with Crippen molar-refractivity contribution in [2.75, 3.05) is 0 Å². The molecule has 0 unspecified atom stereocenters. The second-order valence-electron chi connectivity index (χ2n) is 6.83. The van der Waals surface area contributed by atoms with E-state index in [2.05, 4.69) is 6.07 Å². The standard InChI is InChI=1S/C22H15Cl3N2O/c23-14-7-5-13(6-8-14)19-12-20-17-3-1-2-4-21(17)28-22(27(20)26-19)16-10-9-15(24)11-18(16)25/h1-11,20,22H,12H2/t20-,22+/m1/s1. The molecule has 0 bridgehead atoms. The minimum Gasteiger partial charge on any atom is -0.464 e. The van der Waals surface area contributed by atoms with Gasteiger partial charge in [-0.1, -0.05) is 71.2 Å². The molecule has 0 saturated heterocycles. The lowest BCUT2D eigenvalue weighted by atomic mass is 9.96. The van der Waals surface area contributed by atoms with Crippen molar-refractivity contribution in [1.82, 2.24) is 5.01 Å². The smallest absolute Gasteiger partial charge is 0.215 e. The average molecular weight is 430 g/mol. The molecule has 140 valence electrons.